The van der Waals surface area contributed by atoms with E-state index in [-0.39, 0.29) is 11.4 Å². The van der Waals surface area contributed by atoms with Crippen molar-refractivity contribution in [1.82, 2.24) is 19.8 Å². The maximum absolute atomic E-state index is 11.4. The van der Waals surface area contributed by atoms with Gasteiger partial charge in [-0.3, -0.25) is 10.1 Å². The van der Waals surface area contributed by atoms with E-state index in [1.165, 1.54) is 13.2 Å². The van der Waals surface area contributed by atoms with Gasteiger partial charge in [0.1, 0.15) is 0 Å². The predicted octanol–water partition coefficient (Wildman–Crippen LogP) is 3.81. The SMILES string of the molecule is CCCc1nnc2c3ccccc3c(-c3ccc(OC)c([N+](=O)[O-])c3)nn12. The minimum absolute atomic E-state index is 0.0986. The molecule has 0 bridgehead atoms. The van der Waals surface area contributed by atoms with Gasteiger partial charge in [-0.05, 0) is 18.6 Å². The Bertz CT molecular complexity index is 1170. The fraction of sp³-hybridized carbons (Fsp3) is 0.211. The van der Waals surface area contributed by atoms with Crippen molar-refractivity contribution in [3.63, 3.8) is 0 Å². The van der Waals surface area contributed by atoms with E-state index in [1.54, 1.807) is 16.6 Å². The van der Waals surface area contributed by atoms with Gasteiger partial charge in [0.2, 0.25) is 0 Å². The first kappa shape index (κ1) is 16.9. The topological polar surface area (TPSA) is 95.5 Å². The van der Waals surface area contributed by atoms with Gasteiger partial charge >= 0.3 is 5.69 Å². The molecule has 2 aromatic carbocycles. The van der Waals surface area contributed by atoms with Crippen LogP contribution in [-0.2, 0) is 6.42 Å². The number of aryl methyl sites for hydroxylation is 1. The van der Waals surface area contributed by atoms with Crippen molar-refractivity contribution < 1.29 is 9.66 Å². The average Bonchev–Trinajstić information content (AvgIpc) is 3.10. The molecule has 0 aliphatic carbocycles. The molecule has 8 nitrogen and oxygen atoms in total. The van der Waals surface area contributed by atoms with Crippen LogP contribution >= 0.6 is 0 Å². The zero-order valence-electron chi connectivity index (χ0n) is 14.9. The Balaban J connectivity index is 2.04. The van der Waals surface area contributed by atoms with Crippen molar-refractivity contribution in [1.29, 1.82) is 0 Å². The number of fused-ring (bicyclic) bond motifs is 3. The number of benzene rings is 2. The summed E-state index contributed by atoms with van der Waals surface area (Å²) in [6.07, 6.45) is 1.66. The molecule has 0 saturated heterocycles. The summed E-state index contributed by atoms with van der Waals surface area (Å²) in [4.78, 5) is 11.0. The normalized spacial score (nSPS) is 11.2. The van der Waals surface area contributed by atoms with Crippen LogP contribution in [0.15, 0.2) is 42.5 Å². The van der Waals surface area contributed by atoms with Gasteiger partial charge in [0.05, 0.1) is 17.7 Å². The molecule has 0 spiro atoms. The van der Waals surface area contributed by atoms with Crippen LogP contribution in [0.5, 0.6) is 5.75 Å². The molecule has 0 fully saturated rings. The molecule has 0 aliphatic heterocycles. The number of nitrogens with zero attached hydrogens (tertiary/aromatic N) is 5. The molecule has 0 atom stereocenters. The number of hydrogen-bond donors (Lipinski definition) is 0. The van der Waals surface area contributed by atoms with Gasteiger partial charge in [-0.15, -0.1) is 10.2 Å². The maximum atomic E-state index is 11.4. The zero-order valence-corrected chi connectivity index (χ0v) is 14.9. The molecule has 4 rings (SSSR count). The van der Waals surface area contributed by atoms with Gasteiger partial charge in [-0.25, -0.2) is 0 Å². The van der Waals surface area contributed by atoms with Gasteiger partial charge in [-0.2, -0.15) is 9.61 Å². The highest BCUT2D eigenvalue weighted by Gasteiger charge is 2.19. The van der Waals surface area contributed by atoms with Crippen LogP contribution in [0.4, 0.5) is 5.69 Å². The maximum Gasteiger partial charge on any atom is 0.311 e. The standard InChI is InChI=1S/C19H17N5O3/c1-3-6-17-20-21-19-14-8-5-4-7-13(14)18(22-23(17)19)12-9-10-16(27-2)15(11-12)24(25)26/h4-5,7-11H,3,6H2,1-2H3. The average molecular weight is 363 g/mol. The molecule has 4 aromatic rings. The summed E-state index contributed by atoms with van der Waals surface area (Å²) in [5.41, 5.74) is 1.86. The van der Waals surface area contributed by atoms with Gasteiger partial charge in [-0.1, -0.05) is 31.2 Å². The Morgan fingerprint density at radius 3 is 2.63 bits per heavy atom. The minimum atomic E-state index is -0.454. The van der Waals surface area contributed by atoms with Crippen molar-refractivity contribution >= 4 is 22.1 Å². The van der Waals surface area contributed by atoms with E-state index < -0.39 is 4.92 Å². The summed E-state index contributed by atoms with van der Waals surface area (Å²) in [5.74, 6) is 0.979. The zero-order chi connectivity index (χ0) is 19.0. The minimum Gasteiger partial charge on any atom is -0.490 e. The van der Waals surface area contributed by atoms with Crippen LogP contribution < -0.4 is 4.74 Å². The number of nitro benzene ring substituents is 1. The lowest BCUT2D eigenvalue weighted by atomic mass is 10.0. The van der Waals surface area contributed by atoms with Crippen LogP contribution in [0.3, 0.4) is 0 Å². The molecule has 0 saturated carbocycles. The number of methoxy groups -OCH3 is 1. The second-order valence-electron chi connectivity index (χ2n) is 6.14. The van der Waals surface area contributed by atoms with E-state index in [0.717, 1.165) is 29.4 Å². The molecule has 0 radical (unpaired) electrons. The second kappa shape index (κ2) is 6.64. The lowest BCUT2D eigenvalue weighted by Gasteiger charge is -2.09. The van der Waals surface area contributed by atoms with E-state index in [9.17, 15) is 10.1 Å². The van der Waals surface area contributed by atoms with E-state index in [2.05, 4.69) is 17.1 Å². The van der Waals surface area contributed by atoms with Crippen molar-refractivity contribution in [2.45, 2.75) is 19.8 Å². The Hall–Kier alpha value is -3.55. The summed E-state index contributed by atoms with van der Waals surface area (Å²) in [6.45, 7) is 2.07. The van der Waals surface area contributed by atoms with Gasteiger partial charge in [0.25, 0.3) is 0 Å². The highest BCUT2D eigenvalue weighted by atomic mass is 16.6. The summed E-state index contributed by atoms with van der Waals surface area (Å²) in [5, 5.41) is 26.5. The number of nitro groups is 1. The summed E-state index contributed by atoms with van der Waals surface area (Å²) in [6, 6.07) is 12.6. The monoisotopic (exact) mass is 363 g/mol. The molecule has 2 aromatic heterocycles. The molecule has 8 heteroatoms. The van der Waals surface area contributed by atoms with E-state index >= 15 is 0 Å². The Labute approximate surface area is 154 Å². The Morgan fingerprint density at radius 1 is 1.15 bits per heavy atom. The molecule has 0 unspecified atom stereocenters. The van der Waals surface area contributed by atoms with E-state index in [1.807, 2.05) is 24.3 Å². The van der Waals surface area contributed by atoms with E-state index in [0.29, 0.717) is 16.9 Å². The van der Waals surface area contributed by atoms with Crippen LogP contribution in [0.25, 0.3) is 27.7 Å². The van der Waals surface area contributed by atoms with Gasteiger partial charge in [0, 0.05) is 28.8 Å². The Morgan fingerprint density at radius 2 is 1.93 bits per heavy atom. The van der Waals surface area contributed by atoms with Crippen LogP contribution in [0, 0.1) is 10.1 Å². The van der Waals surface area contributed by atoms with Crippen LogP contribution in [-0.4, -0.2) is 31.8 Å². The fourth-order valence-corrected chi connectivity index (χ4v) is 3.20. The predicted molar refractivity (Wildman–Crippen MR) is 101 cm³/mol. The second-order valence-corrected chi connectivity index (χ2v) is 6.14. The number of ether oxygens (including phenoxy) is 1. The molecule has 0 aliphatic rings. The molecule has 27 heavy (non-hydrogen) atoms. The van der Waals surface area contributed by atoms with Crippen molar-refractivity contribution in [3.8, 4) is 17.0 Å². The molecule has 136 valence electrons. The third-order valence-electron chi connectivity index (χ3n) is 4.45. The van der Waals surface area contributed by atoms with Crippen molar-refractivity contribution in [2.24, 2.45) is 0 Å². The lowest BCUT2D eigenvalue weighted by molar-refractivity contribution is -0.385. The Kier molecular flexibility index (Phi) is 4.15. The highest BCUT2D eigenvalue weighted by molar-refractivity contribution is 6.01. The summed E-state index contributed by atoms with van der Waals surface area (Å²) in [7, 11) is 1.41. The highest BCUT2D eigenvalue weighted by Crippen LogP contribution is 2.35. The van der Waals surface area contributed by atoms with Crippen molar-refractivity contribution in [3.05, 3.63) is 58.4 Å². The number of hydrogen-bond acceptors (Lipinski definition) is 6. The first-order valence-electron chi connectivity index (χ1n) is 8.60. The van der Waals surface area contributed by atoms with Crippen molar-refractivity contribution in [2.75, 3.05) is 7.11 Å². The molecule has 0 N–H and O–H groups in total. The smallest absolute Gasteiger partial charge is 0.311 e. The molecule has 0 amide bonds. The first-order valence-corrected chi connectivity index (χ1v) is 8.60. The van der Waals surface area contributed by atoms with Gasteiger partial charge in [0.15, 0.2) is 17.2 Å². The molecular weight excluding hydrogens is 346 g/mol. The molecule has 2 heterocycles. The quantitative estimate of drug-likeness (QED) is 0.395. The number of rotatable bonds is 5. The summed E-state index contributed by atoms with van der Waals surface area (Å²) >= 11 is 0. The third-order valence-corrected chi connectivity index (χ3v) is 4.45. The number of aromatic nitrogens is 4. The summed E-state index contributed by atoms with van der Waals surface area (Å²) < 4.78 is 6.84. The van der Waals surface area contributed by atoms with Gasteiger partial charge < -0.3 is 4.74 Å². The lowest BCUT2D eigenvalue weighted by Crippen LogP contribution is -2.02. The largest absolute Gasteiger partial charge is 0.490 e. The first-order chi connectivity index (χ1) is 13.1. The third kappa shape index (κ3) is 2.75. The van der Waals surface area contributed by atoms with Crippen LogP contribution in [0.2, 0.25) is 0 Å². The van der Waals surface area contributed by atoms with Crippen LogP contribution in [0.1, 0.15) is 19.2 Å². The fourth-order valence-electron chi connectivity index (χ4n) is 3.20. The molecular formula is C19H17N5O3. The van der Waals surface area contributed by atoms with E-state index in [4.69, 9.17) is 9.84 Å².